The zero-order valence-corrected chi connectivity index (χ0v) is 13.5. The van der Waals surface area contributed by atoms with Crippen LogP contribution in [0.1, 0.15) is 64.8 Å². The van der Waals surface area contributed by atoms with Crippen molar-refractivity contribution >= 4 is 10.9 Å². The molecule has 3 rings (SSSR count). The van der Waals surface area contributed by atoms with Gasteiger partial charge in [0.15, 0.2) is 0 Å². The minimum Gasteiger partial charge on any atom is -0.357 e. The largest absolute Gasteiger partial charge is 0.357 e. The van der Waals surface area contributed by atoms with Crippen LogP contribution >= 0.6 is 0 Å². The number of para-hydroxylation sites is 1. The number of fused-ring (bicyclic) bond motifs is 3. The smallest absolute Gasteiger partial charge is 0.0480 e. The minimum absolute atomic E-state index is 0.163. The molecule has 1 atom stereocenters. The second-order valence-electron chi connectivity index (χ2n) is 6.40. The van der Waals surface area contributed by atoms with Gasteiger partial charge in [0, 0.05) is 28.2 Å². The van der Waals surface area contributed by atoms with Crippen LogP contribution < -0.4 is 5.32 Å². The van der Waals surface area contributed by atoms with Gasteiger partial charge >= 0.3 is 0 Å². The first-order valence-corrected chi connectivity index (χ1v) is 7.92. The summed E-state index contributed by atoms with van der Waals surface area (Å²) < 4.78 is 0. The van der Waals surface area contributed by atoms with Crippen LogP contribution in [-0.2, 0) is 6.42 Å². The Morgan fingerprint density at radius 1 is 1.15 bits per heavy atom. The Kier molecular flexibility index (Phi) is 4.54. The highest BCUT2D eigenvalue weighted by Gasteiger charge is 2.26. The number of hydrogen-bond donors (Lipinski definition) is 2. The van der Waals surface area contributed by atoms with Crippen molar-refractivity contribution < 1.29 is 0 Å². The molecule has 0 saturated carbocycles. The van der Waals surface area contributed by atoms with E-state index < -0.39 is 0 Å². The third kappa shape index (κ3) is 3.06. The highest BCUT2D eigenvalue weighted by molar-refractivity contribution is 5.85. The average Bonchev–Trinajstić information content (AvgIpc) is 2.79. The Labute approximate surface area is 123 Å². The van der Waals surface area contributed by atoms with Crippen molar-refractivity contribution in [2.75, 3.05) is 0 Å². The second-order valence-corrected chi connectivity index (χ2v) is 6.40. The number of aromatic nitrogens is 1. The van der Waals surface area contributed by atoms with Gasteiger partial charge in [0.1, 0.15) is 0 Å². The molecule has 1 heterocycles. The molecule has 2 aromatic rings. The van der Waals surface area contributed by atoms with Crippen LogP contribution in [0.5, 0.6) is 0 Å². The third-order valence-corrected chi connectivity index (χ3v) is 3.72. The van der Waals surface area contributed by atoms with E-state index in [0.29, 0.717) is 6.04 Å². The van der Waals surface area contributed by atoms with Gasteiger partial charge < -0.3 is 10.3 Å². The first-order chi connectivity index (χ1) is 9.54. The lowest BCUT2D eigenvalue weighted by Gasteiger charge is -2.31. The van der Waals surface area contributed by atoms with Crippen LogP contribution in [0.25, 0.3) is 10.9 Å². The Hall–Kier alpha value is -1.28. The van der Waals surface area contributed by atoms with Crippen LogP contribution in [-0.4, -0.2) is 10.5 Å². The number of aryl methyl sites for hydroxylation is 1. The fourth-order valence-electron chi connectivity index (χ4n) is 3.08. The molecule has 2 heteroatoms. The summed E-state index contributed by atoms with van der Waals surface area (Å²) in [6, 6.07) is 9.14. The first kappa shape index (κ1) is 15.1. The summed E-state index contributed by atoms with van der Waals surface area (Å²) >= 11 is 0. The number of hydrogen-bond acceptors (Lipinski definition) is 1. The van der Waals surface area contributed by atoms with Crippen molar-refractivity contribution in [3.8, 4) is 0 Å². The van der Waals surface area contributed by atoms with Gasteiger partial charge in [-0.3, -0.25) is 0 Å². The van der Waals surface area contributed by atoms with Crippen LogP contribution in [0.15, 0.2) is 24.3 Å². The summed E-state index contributed by atoms with van der Waals surface area (Å²) in [5, 5.41) is 5.15. The first-order valence-electron chi connectivity index (χ1n) is 7.92. The van der Waals surface area contributed by atoms with Crippen LogP contribution in [0.2, 0.25) is 0 Å². The zero-order chi connectivity index (χ0) is 14.8. The van der Waals surface area contributed by atoms with E-state index in [1.165, 1.54) is 41.4 Å². The lowest BCUT2D eigenvalue weighted by atomic mass is 9.90. The molecule has 1 unspecified atom stereocenters. The molecule has 1 aliphatic rings. The van der Waals surface area contributed by atoms with Gasteiger partial charge in [-0.15, -0.1) is 0 Å². The lowest BCUT2D eigenvalue weighted by Crippen LogP contribution is -2.40. The molecule has 2 N–H and O–H groups in total. The number of nitrogens with one attached hydrogen (secondary N) is 2. The van der Waals surface area contributed by atoms with Crippen molar-refractivity contribution in [3.05, 3.63) is 35.5 Å². The maximum absolute atomic E-state index is 3.74. The predicted octanol–water partition coefficient (Wildman–Crippen LogP) is 4.96. The Morgan fingerprint density at radius 2 is 1.85 bits per heavy atom. The fraction of sp³-hybridized carbons (Fsp3) is 0.556. The minimum atomic E-state index is 0.163. The van der Waals surface area contributed by atoms with Crippen LogP contribution in [0.3, 0.4) is 0 Å². The maximum Gasteiger partial charge on any atom is 0.0480 e. The highest BCUT2D eigenvalue weighted by Crippen LogP contribution is 2.35. The highest BCUT2D eigenvalue weighted by atomic mass is 15.0. The van der Waals surface area contributed by atoms with Gasteiger partial charge in [-0.05, 0) is 51.7 Å². The van der Waals surface area contributed by atoms with Gasteiger partial charge in [0.2, 0.25) is 0 Å². The molecule has 1 aliphatic carbocycles. The monoisotopic (exact) mass is 272 g/mol. The Morgan fingerprint density at radius 3 is 2.55 bits per heavy atom. The molecule has 0 aliphatic heterocycles. The summed E-state index contributed by atoms with van der Waals surface area (Å²) in [5.41, 5.74) is 4.39. The molecule has 20 heavy (non-hydrogen) atoms. The topological polar surface area (TPSA) is 27.8 Å². The summed E-state index contributed by atoms with van der Waals surface area (Å²) in [5.74, 6) is 0. The number of aromatic amines is 1. The molecule has 1 aromatic heterocycles. The van der Waals surface area contributed by atoms with Crippen molar-refractivity contribution in [3.63, 3.8) is 0 Å². The standard InChI is InChI=1S/C16H22N2.C2H6/c1-16(2,3)18-14-10-6-8-12-11-7-4-5-9-13(11)17-15(12)14;1-2/h4-5,7,9,14,17-18H,6,8,10H2,1-3H3;1-2H3. The van der Waals surface area contributed by atoms with Crippen molar-refractivity contribution in [1.29, 1.82) is 0 Å². The van der Waals surface area contributed by atoms with E-state index in [0.717, 1.165) is 0 Å². The molecular formula is C18H28N2. The third-order valence-electron chi connectivity index (χ3n) is 3.72. The zero-order valence-electron chi connectivity index (χ0n) is 13.5. The average molecular weight is 272 g/mol. The van der Waals surface area contributed by atoms with Crippen LogP contribution in [0.4, 0.5) is 0 Å². The van der Waals surface area contributed by atoms with Gasteiger partial charge in [-0.1, -0.05) is 32.0 Å². The molecule has 0 spiro atoms. The second kappa shape index (κ2) is 6.01. The van der Waals surface area contributed by atoms with E-state index in [4.69, 9.17) is 0 Å². The molecule has 0 fully saturated rings. The summed E-state index contributed by atoms with van der Waals surface area (Å²) in [6.07, 6.45) is 3.72. The maximum atomic E-state index is 3.74. The Bertz CT molecular complexity index is 560. The summed E-state index contributed by atoms with van der Waals surface area (Å²) in [4.78, 5) is 3.63. The molecule has 0 saturated heterocycles. The van der Waals surface area contributed by atoms with E-state index in [9.17, 15) is 0 Å². The molecule has 0 bridgehead atoms. The number of benzene rings is 1. The van der Waals surface area contributed by atoms with Gasteiger partial charge in [0.05, 0.1) is 0 Å². The molecule has 110 valence electrons. The summed E-state index contributed by atoms with van der Waals surface area (Å²) in [6.45, 7) is 10.7. The quantitative estimate of drug-likeness (QED) is 0.754. The molecule has 0 amide bonds. The summed E-state index contributed by atoms with van der Waals surface area (Å²) in [7, 11) is 0. The lowest BCUT2D eigenvalue weighted by molar-refractivity contribution is 0.333. The van der Waals surface area contributed by atoms with E-state index in [1.807, 2.05) is 13.8 Å². The van der Waals surface area contributed by atoms with Crippen LogP contribution in [0, 0.1) is 0 Å². The Balaban J connectivity index is 0.000000704. The van der Waals surface area contributed by atoms with Crippen molar-refractivity contribution in [2.24, 2.45) is 0 Å². The molecule has 1 aromatic carbocycles. The number of rotatable bonds is 1. The molecular weight excluding hydrogens is 244 g/mol. The molecule has 2 nitrogen and oxygen atoms in total. The van der Waals surface area contributed by atoms with Gasteiger partial charge in [-0.2, -0.15) is 0 Å². The van der Waals surface area contributed by atoms with E-state index in [1.54, 1.807) is 0 Å². The predicted molar refractivity (Wildman–Crippen MR) is 88.2 cm³/mol. The SMILES string of the molecule is CC.CC(C)(C)NC1CCCc2c1[nH]c1ccccc21. The van der Waals surface area contributed by atoms with Crippen molar-refractivity contribution in [1.82, 2.24) is 10.3 Å². The van der Waals surface area contributed by atoms with E-state index in [2.05, 4.69) is 55.3 Å². The fourth-order valence-corrected chi connectivity index (χ4v) is 3.08. The normalized spacial score (nSPS) is 18.4. The van der Waals surface area contributed by atoms with Gasteiger partial charge in [0.25, 0.3) is 0 Å². The van der Waals surface area contributed by atoms with Crippen molar-refractivity contribution in [2.45, 2.75) is 65.5 Å². The number of H-pyrrole nitrogens is 1. The van der Waals surface area contributed by atoms with E-state index in [-0.39, 0.29) is 5.54 Å². The van der Waals surface area contributed by atoms with Gasteiger partial charge in [-0.25, -0.2) is 0 Å². The van der Waals surface area contributed by atoms with E-state index >= 15 is 0 Å². The molecule has 0 radical (unpaired) electrons.